The number of likely N-dealkylation sites (tertiary alicyclic amines) is 1. The minimum absolute atomic E-state index is 0.167. The van der Waals surface area contributed by atoms with E-state index in [4.69, 9.17) is 5.73 Å². The molecular weight excluding hydrogens is 384 g/mol. The van der Waals surface area contributed by atoms with E-state index in [0.717, 1.165) is 44.9 Å². The Morgan fingerprint density at radius 3 is 2.37 bits per heavy atom. The molecule has 4 N–H and O–H groups in total. The molecule has 1 saturated heterocycles. The number of unbranched alkanes of at least 4 members (excludes halogenated alkanes) is 1. The highest BCUT2D eigenvalue weighted by molar-refractivity contribution is 6.38. The van der Waals surface area contributed by atoms with Gasteiger partial charge in [0, 0.05) is 13.1 Å². The maximum Gasteiger partial charge on any atom is 0.289 e. The van der Waals surface area contributed by atoms with Crippen LogP contribution in [0.3, 0.4) is 0 Å². The third kappa shape index (κ3) is 6.27. The van der Waals surface area contributed by atoms with Crippen LogP contribution >= 0.6 is 0 Å². The standard InChI is InChI=1S/C22H38N4O4/c1-3-5-12-16(19(27)21(29)24-4-2)25-20(28)17-13-9-14-26(17)22(30)18(23)15-10-7-6-8-11-15/h15-18H,3-14,23H2,1-2H3,(H,24,29)(H,25,28)/t16?,17-,18-/m0/s1. The molecule has 1 aliphatic heterocycles. The van der Waals surface area contributed by atoms with Gasteiger partial charge in [0.1, 0.15) is 6.04 Å². The third-order valence-electron chi connectivity index (χ3n) is 6.32. The maximum atomic E-state index is 13.0. The first-order valence-corrected chi connectivity index (χ1v) is 11.6. The molecule has 3 amide bonds. The monoisotopic (exact) mass is 422 g/mol. The van der Waals surface area contributed by atoms with Gasteiger partial charge >= 0.3 is 0 Å². The normalized spacial score (nSPS) is 21.7. The Kier molecular flexibility index (Phi) is 9.75. The van der Waals surface area contributed by atoms with Gasteiger partial charge in [0.25, 0.3) is 5.91 Å². The molecule has 1 aliphatic carbocycles. The van der Waals surface area contributed by atoms with Gasteiger partial charge in [-0.3, -0.25) is 19.2 Å². The van der Waals surface area contributed by atoms with E-state index in [1.165, 1.54) is 6.42 Å². The zero-order chi connectivity index (χ0) is 22.1. The summed E-state index contributed by atoms with van der Waals surface area (Å²) in [5, 5.41) is 5.25. The van der Waals surface area contributed by atoms with Crippen LogP contribution in [-0.2, 0) is 19.2 Å². The average Bonchev–Trinajstić information content (AvgIpc) is 3.25. The molecule has 2 fully saturated rings. The number of ketones is 1. The van der Waals surface area contributed by atoms with Crippen LogP contribution in [0.2, 0.25) is 0 Å². The van der Waals surface area contributed by atoms with Crippen molar-refractivity contribution in [3.63, 3.8) is 0 Å². The second-order valence-corrected chi connectivity index (χ2v) is 8.54. The van der Waals surface area contributed by atoms with Gasteiger partial charge in [0.05, 0.1) is 12.1 Å². The lowest BCUT2D eigenvalue weighted by Crippen LogP contribution is -2.56. The summed E-state index contributed by atoms with van der Waals surface area (Å²) in [6.45, 7) is 4.58. The Morgan fingerprint density at radius 2 is 1.73 bits per heavy atom. The number of Topliss-reactive ketones (excluding diaryl/α,β-unsaturated/α-hetero) is 1. The van der Waals surface area contributed by atoms with E-state index in [0.29, 0.717) is 25.9 Å². The average molecular weight is 423 g/mol. The van der Waals surface area contributed by atoms with Crippen molar-refractivity contribution in [2.75, 3.05) is 13.1 Å². The van der Waals surface area contributed by atoms with E-state index >= 15 is 0 Å². The fraction of sp³-hybridized carbons (Fsp3) is 0.818. The molecule has 1 heterocycles. The van der Waals surface area contributed by atoms with Crippen molar-refractivity contribution in [2.24, 2.45) is 11.7 Å². The smallest absolute Gasteiger partial charge is 0.289 e. The van der Waals surface area contributed by atoms with E-state index in [2.05, 4.69) is 10.6 Å². The van der Waals surface area contributed by atoms with Crippen molar-refractivity contribution in [3.05, 3.63) is 0 Å². The zero-order valence-electron chi connectivity index (χ0n) is 18.5. The van der Waals surface area contributed by atoms with Crippen LogP contribution in [0.15, 0.2) is 0 Å². The second-order valence-electron chi connectivity index (χ2n) is 8.54. The van der Waals surface area contributed by atoms with E-state index in [-0.39, 0.29) is 17.7 Å². The van der Waals surface area contributed by atoms with Gasteiger partial charge in [-0.05, 0) is 44.9 Å². The molecule has 8 nitrogen and oxygen atoms in total. The van der Waals surface area contributed by atoms with Gasteiger partial charge in [-0.15, -0.1) is 0 Å². The van der Waals surface area contributed by atoms with Gasteiger partial charge in [-0.1, -0.05) is 39.0 Å². The minimum atomic E-state index is -0.867. The molecule has 3 atom stereocenters. The number of carbonyl (C=O) groups is 4. The Hall–Kier alpha value is -1.96. The Labute approximate surface area is 179 Å². The quantitative estimate of drug-likeness (QED) is 0.458. The number of nitrogens with one attached hydrogen (secondary N) is 2. The summed E-state index contributed by atoms with van der Waals surface area (Å²) in [5.74, 6) is -1.67. The molecule has 170 valence electrons. The molecular formula is C22H38N4O4. The summed E-state index contributed by atoms with van der Waals surface area (Å²) >= 11 is 0. The predicted octanol–water partition coefficient (Wildman–Crippen LogP) is 1.27. The molecule has 0 radical (unpaired) electrons. The Bertz CT molecular complexity index is 618. The van der Waals surface area contributed by atoms with E-state index < -0.39 is 29.8 Å². The largest absolute Gasteiger partial charge is 0.350 e. The fourth-order valence-corrected chi connectivity index (χ4v) is 4.54. The molecule has 2 aliphatic rings. The lowest BCUT2D eigenvalue weighted by atomic mass is 9.83. The zero-order valence-corrected chi connectivity index (χ0v) is 18.5. The molecule has 0 bridgehead atoms. The molecule has 8 heteroatoms. The molecule has 0 spiro atoms. The van der Waals surface area contributed by atoms with E-state index in [1.807, 2.05) is 6.92 Å². The summed E-state index contributed by atoms with van der Waals surface area (Å²) in [6.07, 6.45) is 8.53. The molecule has 0 aromatic carbocycles. The van der Waals surface area contributed by atoms with Crippen molar-refractivity contribution in [3.8, 4) is 0 Å². The summed E-state index contributed by atoms with van der Waals surface area (Å²) in [6, 6.07) is -2.07. The molecule has 30 heavy (non-hydrogen) atoms. The summed E-state index contributed by atoms with van der Waals surface area (Å²) in [7, 11) is 0. The van der Waals surface area contributed by atoms with Crippen LogP contribution in [0.25, 0.3) is 0 Å². The van der Waals surface area contributed by atoms with Crippen molar-refractivity contribution in [1.82, 2.24) is 15.5 Å². The molecule has 1 unspecified atom stereocenters. The molecule has 1 saturated carbocycles. The first-order valence-electron chi connectivity index (χ1n) is 11.6. The summed E-state index contributed by atoms with van der Waals surface area (Å²) < 4.78 is 0. The fourth-order valence-electron chi connectivity index (χ4n) is 4.54. The second kappa shape index (κ2) is 12.0. The first kappa shape index (κ1) is 24.3. The van der Waals surface area contributed by atoms with Gasteiger partial charge in [-0.25, -0.2) is 0 Å². The minimum Gasteiger partial charge on any atom is -0.350 e. The molecule has 2 rings (SSSR count). The molecule has 0 aromatic heterocycles. The van der Waals surface area contributed by atoms with Crippen LogP contribution < -0.4 is 16.4 Å². The third-order valence-corrected chi connectivity index (χ3v) is 6.32. The van der Waals surface area contributed by atoms with E-state index in [9.17, 15) is 19.2 Å². The number of nitrogens with two attached hydrogens (primary N) is 1. The summed E-state index contributed by atoms with van der Waals surface area (Å²) in [4.78, 5) is 52.1. The lowest BCUT2D eigenvalue weighted by Gasteiger charge is -2.32. The topological polar surface area (TPSA) is 122 Å². The van der Waals surface area contributed by atoms with Gasteiger partial charge in [0.2, 0.25) is 17.6 Å². The van der Waals surface area contributed by atoms with Crippen molar-refractivity contribution >= 4 is 23.5 Å². The number of nitrogens with zero attached hydrogens (tertiary/aromatic N) is 1. The first-order chi connectivity index (χ1) is 14.4. The van der Waals surface area contributed by atoms with Crippen LogP contribution in [0, 0.1) is 5.92 Å². The van der Waals surface area contributed by atoms with Crippen LogP contribution in [0.1, 0.15) is 78.1 Å². The number of hydrogen-bond donors (Lipinski definition) is 3. The molecule has 0 aromatic rings. The van der Waals surface area contributed by atoms with Gasteiger partial charge in [-0.2, -0.15) is 0 Å². The van der Waals surface area contributed by atoms with Crippen LogP contribution in [0.4, 0.5) is 0 Å². The van der Waals surface area contributed by atoms with Gasteiger partial charge < -0.3 is 21.3 Å². The Morgan fingerprint density at radius 1 is 1.03 bits per heavy atom. The highest BCUT2D eigenvalue weighted by Crippen LogP contribution is 2.28. The van der Waals surface area contributed by atoms with E-state index in [1.54, 1.807) is 11.8 Å². The van der Waals surface area contributed by atoms with Crippen molar-refractivity contribution < 1.29 is 19.2 Å². The van der Waals surface area contributed by atoms with Crippen LogP contribution in [0.5, 0.6) is 0 Å². The number of amides is 3. The number of rotatable bonds is 10. The van der Waals surface area contributed by atoms with Crippen molar-refractivity contribution in [1.29, 1.82) is 0 Å². The number of carbonyl (C=O) groups excluding carboxylic acids is 4. The van der Waals surface area contributed by atoms with Gasteiger partial charge in [0.15, 0.2) is 0 Å². The highest BCUT2D eigenvalue weighted by atomic mass is 16.2. The number of hydrogen-bond acceptors (Lipinski definition) is 5. The SMILES string of the molecule is CCCCC(NC(=O)[C@@H]1CCCN1C(=O)[C@@H](N)C1CCCCC1)C(=O)C(=O)NCC. The van der Waals surface area contributed by atoms with Crippen molar-refractivity contribution in [2.45, 2.75) is 96.2 Å². The Balaban J connectivity index is 2.03. The predicted molar refractivity (Wildman–Crippen MR) is 114 cm³/mol. The maximum absolute atomic E-state index is 13.0. The lowest BCUT2D eigenvalue weighted by molar-refractivity contribution is -0.143. The van der Waals surface area contributed by atoms with Crippen LogP contribution in [-0.4, -0.2) is 59.6 Å². The highest BCUT2D eigenvalue weighted by Gasteiger charge is 2.39. The number of likely N-dealkylation sites (N-methyl/N-ethyl adjacent to an activating group) is 1. The summed E-state index contributed by atoms with van der Waals surface area (Å²) in [5.41, 5.74) is 6.29.